The van der Waals surface area contributed by atoms with E-state index >= 15 is 0 Å². The summed E-state index contributed by atoms with van der Waals surface area (Å²) in [7, 11) is 8.10. The standard InChI is InChI=1S/C18H22N6/c1-21(2)15-5-9-23(10-6-15)17-13-18(20-14-19-17)24-11-7-16(8-12-24)22(3)4/h5-14H,1-4H3/q+2. The molecule has 0 unspecified atom stereocenters. The number of hydrogen-bond acceptors (Lipinski definition) is 4. The van der Waals surface area contributed by atoms with Crippen LogP contribution in [0.3, 0.4) is 0 Å². The van der Waals surface area contributed by atoms with Crippen molar-refractivity contribution in [2.75, 3.05) is 38.0 Å². The Morgan fingerprint density at radius 3 is 1.38 bits per heavy atom. The second kappa shape index (κ2) is 6.62. The van der Waals surface area contributed by atoms with Crippen LogP contribution in [0.1, 0.15) is 0 Å². The van der Waals surface area contributed by atoms with Gasteiger partial charge in [-0.25, -0.2) is 9.13 Å². The van der Waals surface area contributed by atoms with E-state index in [0.29, 0.717) is 0 Å². The van der Waals surface area contributed by atoms with Crippen molar-refractivity contribution in [2.45, 2.75) is 0 Å². The van der Waals surface area contributed by atoms with Gasteiger partial charge < -0.3 is 9.80 Å². The van der Waals surface area contributed by atoms with Gasteiger partial charge in [0, 0.05) is 63.8 Å². The Morgan fingerprint density at radius 2 is 1.04 bits per heavy atom. The van der Waals surface area contributed by atoms with Crippen molar-refractivity contribution >= 4 is 11.4 Å². The summed E-state index contributed by atoms with van der Waals surface area (Å²) in [6, 6.07) is 10.2. The van der Waals surface area contributed by atoms with Gasteiger partial charge in [0.05, 0.1) is 24.8 Å². The molecule has 0 aliphatic rings. The molecule has 3 aromatic rings. The van der Waals surface area contributed by atoms with Crippen LogP contribution in [0.25, 0.3) is 11.6 Å². The van der Waals surface area contributed by atoms with E-state index in [1.807, 2.05) is 68.2 Å². The molecular formula is C18H22N6+2. The zero-order valence-electron chi connectivity index (χ0n) is 14.5. The van der Waals surface area contributed by atoms with Crippen LogP contribution in [0.5, 0.6) is 0 Å². The molecule has 3 heterocycles. The largest absolute Gasteiger partial charge is 0.377 e. The van der Waals surface area contributed by atoms with Crippen LogP contribution in [-0.4, -0.2) is 38.2 Å². The third-order valence-corrected chi connectivity index (χ3v) is 3.82. The Balaban J connectivity index is 1.91. The Bertz CT molecular complexity index is 743. The number of nitrogens with zero attached hydrogens (tertiary/aromatic N) is 6. The molecule has 122 valence electrons. The lowest BCUT2D eigenvalue weighted by molar-refractivity contribution is -0.608. The fourth-order valence-corrected chi connectivity index (χ4v) is 2.36. The van der Waals surface area contributed by atoms with Crippen LogP contribution >= 0.6 is 0 Å². The highest BCUT2D eigenvalue weighted by molar-refractivity contribution is 5.42. The molecule has 24 heavy (non-hydrogen) atoms. The SMILES string of the molecule is CN(C)c1cc[n+](-c2cc(-[n+]3ccc(N(C)C)cc3)ncn2)cc1. The quantitative estimate of drug-likeness (QED) is 0.676. The van der Waals surface area contributed by atoms with E-state index in [2.05, 4.69) is 44.0 Å². The molecule has 0 aromatic carbocycles. The lowest BCUT2D eigenvalue weighted by Crippen LogP contribution is -2.35. The molecule has 0 aliphatic heterocycles. The monoisotopic (exact) mass is 322 g/mol. The van der Waals surface area contributed by atoms with Gasteiger partial charge in [0.2, 0.25) is 0 Å². The van der Waals surface area contributed by atoms with Crippen molar-refractivity contribution in [2.24, 2.45) is 0 Å². The van der Waals surface area contributed by atoms with Crippen LogP contribution in [0.2, 0.25) is 0 Å². The third-order valence-electron chi connectivity index (χ3n) is 3.82. The Hall–Kier alpha value is -3.02. The molecule has 0 saturated carbocycles. The molecule has 0 bridgehead atoms. The lowest BCUT2D eigenvalue weighted by atomic mass is 10.3. The Kier molecular flexibility index (Phi) is 4.37. The molecule has 0 atom stereocenters. The average Bonchev–Trinajstić information content (AvgIpc) is 2.62. The van der Waals surface area contributed by atoms with Crippen LogP contribution in [0.4, 0.5) is 11.4 Å². The molecule has 0 spiro atoms. The van der Waals surface area contributed by atoms with Crippen molar-refractivity contribution < 1.29 is 9.13 Å². The van der Waals surface area contributed by atoms with Gasteiger partial charge in [-0.1, -0.05) is 0 Å². The first-order chi connectivity index (χ1) is 11.5. The molecule has 3 rings (SSSR count). The second-order valence-corrected chi connectivity index (χ2v) is 5.95. The minimum absolute atomic E-state index is 0.828. The van der Waals surface area contributed by atoms with Gasteiger partial charge in [0.15, 0.2) is 0 Å². The van der Waals surface area contributed by atoms with Gasteiger partial charge in [-0.2, -0.15) is 0 Å². The molecule has 0 radical (unpaired) electrons. The van der Waals surface area contributed by atoms with Gasteiger partial charge >= 0.3 is 18.0 Å². The predicted octanol–water partition coefficient (Wildman–Crippen LogP) is 1.16. The molecule has 3 aromatic heterocycles. The molecule has 0 fully saturated rings. The Morgan fingerprint density at radius 1 is 0.667 bits per heavy atom. The first-order valence-corrected chi connectivity index (χ1v) is 7.75. The van der Waals surface area contributed by atoms with E-state index in [-0.39, 0.29) is 0 Å². The average molecular weight is 322 g/mol. The molecule has 0 saturated heterocycles. The summed E-state index contributed by atoms with van der Waals surface area (Å²) in [5.41, 5.74) is 2.29. The molecule has 6 heteroatoms. The highest BCUT2D eigenvalue weighted by Crippen LogP contribution is 2.09. The minimum Gasteiger partial charge on any atom is -0.377 e. The van der Waals surface area contributed by atoms with Gasteiger partial charge in [-0.15, -0.1) is 0 Å². The summed E-state index contributed by atoms with van der Waals surface area (Å²) < 4.78 is 3.96. The molecule has 0 amide bonds. The molecular weight excluding hydrogens is 300 g/mol. The summed E-state index contributed by atoms with van der Waals surface area (Å²) in [4.78, 5) is 12.9. The van der Waals surface area contributed by atoms with E-state index in [9.17, 15) is 0 Å². The van der Waals surface area contributed by atoms with Crippen LogP contribution in [0.15, 0.2) is 61.4 Å². The van der Waals surface area contributed by atoms with Gasteiger partial charge in [0.1, 0.15) is 6.07 Å². The van der Waals surface area contributed by atoms with Crippen LogP contribution < -0.4 is 18.9 Å². The van der Waals surface area contributed by atoms with E-state index < -0.39 is 0 Å². The number of aromatic nitrogens is 4. The smallest absolute Gasteiger partial charge is 0.340 e. The topological polar surface area (TPSA) is 40.0 Å². The summed E-state index contributed by atoms with van der Waals surface area (Å²) in [6.45, 7) is 0. The van der Waals surface area contributed by atoms with E-state index in [1.54, 1.807) is 6.33 Å². The summed E-state index contributed by atoms with van der Waals surface area (Å²) in [5.74, 6) is 1.66. The zero-order chi connectivity index (χ0) is 17.1. The van der Waals surface area contributed by atoms with E-state index in [1.165, 1.54) is 0 Å². The van der Waals surface area contributed by atoms with E-state index in [4.69, 9.17) is 0 Å². The predicted molar refractivity (Wildman–Crippen MR) is 93.8 cm³/mol. The first kappa shape index (κ1) is 15.9. The maximum Gasteiger partial charge on any atom is 0.340 e. The molecule has 0 aliphatic carbocycles. The van der Waals surface area contributed by atoms with Crippen molar-refractivity contribution in [3.05, 3.63) is 61.4 Å². The van der Waals surface area contributed by atoms with Crippen LogP contribution in [-0.2, 0) is 0 Å². The maximum atomic E-state index is 4.37. The lowest BCUT2D eigenvalue weighted by Gasteiger charge is -2.11. The zero-order valence-corrected chi connectivity index (χ0v) is 14.5. The van der Waals surface area contributed by atoms with Crippen molar-refractivity contribution in [3.8, 4) is 11.6 Å². The van der Waals surface area contributed by atoms with Gasteiger partial charge in [0.25, 0.3) is 0 Å². The fourth-order valence-electron chi connectivity index (χ4n) is 2.36. The number of anilines is 2. The van der Waals surface area contributed by atoms with Crippen molar-refractivity contribution in [1.82, 2.24) is 9.97 Å². The summed E-state index contributed by atoms with van der Waals surface area (Å²) >= 11 is 0. The van der Waals surface area contributed by atoms with Gasteiger partial charge in [-0.05, 0) is 9.97 Å². The maximum absolute atomic E-state index is 4.37. The highest BCUT2D eigenvalue weighted by atomic mass is 15.1. The number of hydrogen-bond donors (Lipinski definition) is 0. The highest BCUT2D eigenvalue weighted by Gasteiger charge is 2.16. The summed E-state index contributed by atoms with van der Waals surface area (Å²) in [6.07, 6.45) is 9.59. The van der Waals surface area contributed by atoms with Crippen LogP contribution in [0, 0.1) is 0 Å². The third kappa shape index (κ3) is 3.32. The van der Waals surface area contributed by atoms with Gasteiger partial charge in [-0.3, -0.25) is 0 Å². The number of pyridine rings is 2. The fraction of sp³-hybridized carbons (Fsp3) is 0.222. The summed E-state index contributed by atoms with van der Waals surface area (Å²) in [5, 5.41) is 0. The normalized spacial score (nSPS) is 10.5. The Labute approximate surface area is 142 Å². The minimum atomic E-state index is 0.828. The number of rotatable bonds is 4. The van der Waals surface area contributed by atoms with Crippen molar-refractivity contribution in [1.29, 1.82) is 0 Å². The van der Waals surface area contributed by atoms with Crippen molar-refractivity contribution in [3.63, 3.8) is 0 Å². The second-order valence-electron chi connectivity index (χ2n) is 5.95. The first-order valence-electron chi connectivity index (χ1n) is 7.75. The van der Waals surface area contributed by atoms with E-state index in [0.717, 1.165) is 23.0 Å². The molecule has 0 N–H and O–H groups in total. The molecule has 6 nitrogen and oxygen atoms in total.